The van der Waals surface area contributed by atoms with E-state index in [9.17, 15) is 9.59 Å². The van der Waals surface area contributed by atoms with Crippen molar-refractivity contribution in [2.75, 3.05) is 44.9 Å². The summed E-state index contributed by atoms with van der Waals surface area (Å²) in [6.45, 7) is 3.67. The average Bonchev–Trinajstić information content (AvgIpc) is 2.75. The fourth-order valence-electron chi connectivity index (χ4n) is 4.10. The Balaban J connectivity index is 1.82. The Morgan fingerprint density at radius 2 is 1.93 bits per heavy atom. The van der Waals surface area contributed by atoms with Gasteiger partial charge in [-0.2, -0.15) is 0 Å². The number of rotatable bonds is 4. The first-order chi connectivity index (χ1) is 14.7. The summed E-state index contributed by atoms with van der Waals surface area (Å²) in [5.74, 6) is -0.110. The molecule has 1 aromatic rings. The molecule has 0 radical (unpaired) electrons. The van der Waals surface area contributed by atoms with E-state index in [1.807, 2.05) is 23.1 Å². The summed E-state index contributed by atoms with van der Waals surface area (Å²) >= 11 is 0. The van der Waals surface area contributed by atoms with E-state index < -0.39 is 0 Å². The van der Waals surface area contributed by atoms with E-state index in [2.05, 4.69) is 10.6 Å². The van der Waals surface area contributed by atoms with E-state index in [4.69, 9.17) is 9.47 Å². The normalized spacial score (nSPS) is 19.3. The Kier molecular flexibility index (Phi) is 9.11. The molecule has 7 nitrogen and oxygen atoms in total. The quantitative estimate of drug-likeness (QED) is 0.787. The third kappa shape index (κ3) is 6.52. The standard InChI is InChI=1S/C23H35N3O4/c1-29-17-22(27)26-12-6-4-2-3-5-11-24-16-19-15-18(7-8-21(19)26)23(28)25-20-9-13-30-14-10-20/h7-8,15,20,24H,2-6,9-14,16-17H2,1H3,(H,25,28). The van der Waals surface area contributed by atoms with E-state index in [1.165, 1.54) is 12.8 Å². The number of fused-ring (bicyclic) bond motifs is 1. The Morgan fingerprint density at radius 3 is 2.73 bits per heavy atom. The molecule has 0 unspecified atom stereocenters. The van der Waals surface area contributed by atoms with Gasteiger partial charge in [-0.3, -0.25) is 9.59 Å². The largest absolute Gasteiger partial charge is 0.381 e. The van der Waals surface area contributed by atoms with E-state index in [0.717, 1.165) is 49.9 Å². The number of anilines is 1. The zero-order valence-corrected chi connectivity index (χ0v) is 18.1. The van der Waals surface area contributed by atoms with Crippen LogP contribution in [0.25, 0.3) is 0 Å². The predicted octanol–water partition coefficient (Wildman–Crippen LogP) is 2.63. The molecule has 0 atom stereocenters. The van der Waals surface area contributed by atoms with Gasteiger partial charge in [0.25, 0.3) is 11.8 Å². The topological polar surface area (TPSA) is 79.9 Å². The zero-order valence-electron chi connectivity index (χ0n) is 18.1. The molecule has 2 aliphatic heterocycles. The number of carbonyl (C=O) groups excluding carboxylic acids is 2. The van der Waals surface area contributed by atoms with Gasteiger partial charge in [-0.15, -0.1) is 0 Å². The predicted molar refractivity (Wildman–Crippen MR) is 117 cm³/mol. The lowest BCUT2D eigenvalue weighted by Crippen LogP contribution is -2.39. The van der Waals surface area contributed by atoms with E-state index >= 15 is 0 Å². The maximum Gasteiger partial charge on any atom is 0.252 e. The Morgan fingerprint density at radius 1 is 1.17 bits per heavy atom. The van der Waals surface area contributed by atoms with Crippen LogP contribution in [0.1, 0.15) is 60.9 Å². The highest BCUT2D eigenvalue weighted by molar-refractivity contribution is 5.98. The van der Waals surface area contributed by atoms with Gasteiger partial charge in [0.1, 0.15) is 6.61 Å². The number of ether oxygens (including phenoxy) is 2. The van der Waals surface area contributed by atoms with Crippen molar-refractivity contribution >= 4 is 17.5 Å². The molecule has 0 saturated carbocycles. The minimum atomic E-state index is -0.0643. The van der Waals surface area contributed by atoms with Crippen LogP contribution in [0.2, 0.25) is 0 Å². The number of hydrogen-bond donors (Lipinski definition) is 2. The van der Waals surface area contributed by atoms with Gasteiger partial charge in [0, 0.05) is 50.7 Å². The molecule has 3 rings (SSSR count). The minimum absolute atomic E-state index is 0.0461. The number of hydrogen-bond acceptors (Lipinski definition) is 5. The smallest absolute Gasteiger partial charge is 0.252 e. The Bertz CT molecular complexity index is 704. The first-order valence-corrected chi connectivity index (χ1v) is 11.2. The van der Waals surface area contributed by atoms with Crippen molar-refractivity contribution in [2.45, 2.75) is 57.5 Å². The number of carbonyl (C=O) groups is 2. The van der Waals surface area contributed by atoms with Crippen molar-refractivity contribution < 1.29 is 19.1 Å². The summed E-state index contributed by atoms with van der Waals surface area (Å²) in [4.78, 5) is 27.4. The van der Waals surface area contributed by atoms with Crippen LogP contribution in [0.5, 0.6) is 0 Å². The summed E-state index contributed by atoms with van der Waals surface area (Å²) < 4.78 is 10.5. The number of benzene rings is 1. The lowest BCUT2D eigenvalue weighted by atomic mass is 10.0. The summed E-state index contributed by atoms with van der Waals surface area (Å²) in [5.41, 5.74) is 2.47. The van der Waals surface area contributed by atoms with Crippen LogP contribution in [0.4, 0.5) is 5.69 Å². The van der Waals surface area contributed by atoms with Gasteiger partial charge < -0.3 is 25.0 Å². The molecule has 166 valence electrons. The molecule has 7 heteroatoms. The van der Waals surface area contributed by atoms with Crippen LogP contribution < -0.4 is 15.5 Å². The zero-order chi connectivity index (χ0) is 21.2. The van der Waals surface area contributed by atoms with Gasteiger partial charge in [-0.05, 0) is 56.0 Å². The monoisotopic (exact) mass is 417 g/mol. The number of nitrogens with one attached hydrogen (secondary N) is 2. The summed E-state index contributed by atoms with van der Waals surface area (Å²) in [6, 6.07) is 5.82. The highest BCUT2D eigenvalue weighted by Crippen LogP contribution is 2.24. The van der Waals surface area contributed by atoms with Crippen molar-refractivity contribution in [3.05, 3.63) is 29.3 Å². The molecule has 1 saturated heterocycles. The summed E-state index contributed by atoms with van der Waals surface area (Å²) in [6.07, 6.45) is 7.29. The lowest BCUT2D eigenvalue weighted by Gasteiger charge is -2.27. The molecule has 2 heterocycles. The highest BCUT2D eigenvalue weighted by atomic mass is 16.5. The summed E-state index contributed by atoms with van der Waals surface area (Å²) in [7, 11) is 1.54. The first kappa shape index (κ1) is 22.7. The van der Waals surface area contributed by atoms with Gasteiger partial charge >= 0.3 is 0 Å². The Labute approximate surface area is 179 Å². The van der Waals surface area contributed by atoms with Crippen LogP contribution in [0.3, 0.4) is 0 Å². The third-order valence-corrected chi connectivity index (χ3v) is 5.81. The van der Waals surface area contributed by atoms with Gasteiger partial charge in [0.15, 0.2) is 0 Å². The second-order valence-corrected chi connectivity index (χ2v) is 8.13. The van der Waals surface area contributed by atoms with Gasteiger partial charge in [-0.1, -0.05) is 19.3 Å². The van der Waals surface area contributed by atoms with Crippen LogP contribution in [-0.2, 0) is 20.8 Å². The van der Waals surface area contributed by atoms with Crippen LogP contribution in [0.15, 0.2) is 18.2 Å². The lowest BCUT2D eigenvalue weighted by molar-refractivity contribution is -0.122. The van der Waals surface area contributed by atoms with E-state index in [0.29, 0.717) is 31.9 Å². The SMILES string of the molecule is COCC(=O)N1CCCCCCCNCc2cc(C(=O)NC3CCOCC3)ccc21. The minimum Gasteiger partial charge on any atom is -0.381 e. The van der Waals surface area contributed by atoms with Crippen molar-refractivity contribution in [3.63, 3.8) is 0 Å². The molecule has 2 N–H and O–H groups in total. The molecule has 1 fully saturated rings. The molecule has 2 amide bonds. The fraction of sp³-hybridized carbons (Fsp3) is 0.652. The van der Waals surface area contributed by atoms with Gasteiger partial charge in [0.2, 0.25) is 0 Å². The number of nitrogens with zero attached hydrogens (tertiary/aromatic N) is 1. The van der Waals surface area contributed by atoms with Gasteiger partial charge in [0.05, 0.1) is 0 Å². The molecule has 0 spiro atoms. The van der Waals surface area contributed by atoms with Crippen LogP contribution in [-0.4, -0.2) is 57.9 Å². The van der Waals surface area contributed by atoms with Crippen molar-refractivity contribution in [3.8, 4) is 0 Å². The molecular weight excluding hydrogens is 382 g/mol. The van der Waals surface area contributed by atoms with Crippen LogP contribution >= 0.6 is 0 Å². The number of methoxy groups -OCH3 is 1. The molecule has 0 bridgehead atoms. The van der Waals surface area contributed by atoms with Crippen molar-refractivity contribution in [1.29, 1.82) is 0 Å². The molecule has 30 heavy (non-hydrogen) atoms. The van der Waals surface area contributed by atoms with E-state index in [-0.39, 0.29) is 24.5 Å². The van der Waals surface area contributed by atoms with E-state index in [1.54, 1.807) is 7.11 Å². The van der Waals surface area contributed by atoms with Crippen molar-refractivity contribution in [1.82, 2.24) is 10.6 Å². The molecular formula is C23H35N3O4. The van der Waals surface area contributed by atoms with Crippen molar-refractivity contribution in [2.24, 2.45) is 0 Å². The average molecular weight is 418 g/mol. The molecule has 1 aromatic carbocycles. The second-order valence-electron chi connectivity index (χ2n) is 8.13. The maximum atomic E-state index is 12.8. The third-order valence-electron chi connectivity index (χ3n) is 5.81. The highest BCUT2D eigenvalue weighted by Gasteiger charge is 2.22. The van der Waals surface area contributed by atoms with Crippen LogP contribution in [0, 0.1) is 0 Å². The Hall–Kier alpha value is -1.96. The number of amides is 2. The summed E-state index contributed by atoms with van der Waals surface area (Å²) in [5, 5.41) is 6.61. The molecule has 2 aliphatic rings. The maximum absolute atomic E-state index is 12.8. The van der Waals surface area contributed by atoms with Gasteiger partial charge in [-0.25, -0.2) is 0 Å². The first-order valence-electron chi connectivity index (χ1n) is 11.2. The fourth-order valence-corrected chi connectivity index (χ4v) is 4.10. The molecule has 0 aromatic heterocycles. The second kappa shape index (κ2) is 12.0. The molecule has 0 aliphatic carbocycles.